The van der Waals surface area contributed by atoms with Crippen LogP contribution in [-0.2, 0) is 10.0 Å². The van der Waals surface area contributed by atoms with Crippen LogP contribution >= 0.6 is 31.9 Å². The molecule has 0 radical (unpaired) electrons. The van der Waals surface area contributed by atoms with Crippen molar-refractivity contribution in [1.82, 2.24) is 0 Å². The number of aliphatic hydroxyl groups excluding tert-OH is 1. The van der Waals surface area contributed by atoms with Crippen molar-refractivity contribution in [3.63, 3.8) is 0 Å². The maximum atomic E-state index is 13.0. The summed E-state index contributed by atoms with van der Waals surface area (Å²) in [7, 11) is -3.81. The summed E-state index contributed by atoms with van der Waals surface area (Å²) in [5, 5.41) is 9.69. The number of hydrogen-bond acceptors (Lipinski definition) is 3. The predicted molar refractivity (Wildman–Crippen MR) is 94.5 cm³/mol. The summed E-state index contributed by atoms with van der Waals surface area (Å²) in [6, 6.07) is 13.7. The zero-order chi connectivity index (χ0) is 16.3. The quantitative estimate of drug-likeness (QED) is 0.756. The van der Waals surface area contributed by atoms with Crippen molar-refractivity contribution >= 4 is 47.6 Å². The number of nitrogens with zero attached hydrogens (tertiary/aromatic N) is 1. The molecule has 2 rings (SSSR count). The van der Waals surface area contributed by atoms with Gasteiger partial charge < -0.3 is 5.11 Å². The van der Waals surface area contributed by atoms with Crippen LogP contribution in [0.5, 0.6) is 0 Å². The van der Waals surface area contributed by atoms with Crippen molar-refractivity contribution in [1.29, 1.82) is 0 Å². The number of hydrogen-bond donors (Lipinski definition) is 1. The second kappa shape index (κ2) is 7.12. The number of sulfonamides is 1. The lowest BCUT2D eigenvalue weighted by Crippen LogP contribution is -2.36. The highest BCUT2D eigenvalue weighted by Gasteiger charge is 2.28. The monoisotopic (exact) mass is 447 g/mol. The molecule has 0 aliphatic carbocycles. The van der Waals surface area contributed by atoms with E-state index in [4.69, 9.17) is 0 Å². The first-order valence-electron chi connectivity index (χ1n) is 6.53. The lowest BCUT2D eigenvalue weighted by molar-refractivity contribution is 0.204. The number of para-hydroxylation sites is 1. The molecule has 0 saturated carbocycles. The molecule has 0 aliphatic rings. The van der Waals surface area contributed by atoms with E-state index < -0.39 is 16.1 Å². The summed E-state index contributed by atoms with van der Waals surface area (Å²) in [4.78, 5) is 0.145. The number of benzene rings is 2. The Balaban J connectivity index is 2.57. The van der Waals surface area contributed by atoms with E-state index in [2.05, 4.69) is 31.9 Å². The third-order valence-corrected chi connectivity index (χ3v) is 6.22. The minimum absolute atomic E-state index is 0.0225. The molecule has 0 saturated heterocycles. The van der Waals surface area contributed by atoms with Gasteiger partial charge in [0, 0.05) is 8.95 Å². The van der Waals surface area contributed by atoms with Crippen LogP contribution in [0.2, 0.25) is 0 Å². The minimum Gasteiger partial charge on any atom is -0.392 e. The first-order valence-corrected chi connectivity index (χ1v) is 9.56. The molecule has 0 aliphatic heterocycles. The van der Waals surface area contributed by atoms with E-state index >= 15 is 0 Å². The molecular formula is C15H15Br2NO3S. The summed E-state index contributed by atoms with van der Waals surface area (Å²) >= 11 is 6.58. The van der Waals surface area contributed by atoms with E-state index in [1.165, 1.54) is 10.4 Å². The highest BCUT2D eigenvalue weighted by molar-refractivity contribution is 9.11. The van der Waals surface area contributed by atoms with Gasteiger partial charge in [0.2, 0.25) is 0 Å². The van der Waals surface area contributed by atoms with Crippen LogP contribution < -0.4 is 4.31 Å². The summed E-state index contributed by atoms with van der Waals surface area (Å²) in [6.07, 6.45) is -0.791. The molecule has 7 heteroatoms. The van der Waals surface area contributed by atoms with Crippen molar-refractivity contribution in [3.8, 4) is 0 Å². The molecule has 0 amide bonds. The third kappa shape index (κ3) is 3.90. The van der Waals surface area contributed by atoms with Gasteiger partial charge >= 0.3 is 0 Å². The molecule has 0 spiro atoms. The van der Waals surface area contributed by atoms with Gasteiger partial charge in [-0.2, -0.15) is 0 Å². The molecule has 0 aromatic heterocycles. The Bertz CT molecular complexity index is 749. The van der Waals surface area contributed by atoms with Gasteiger partial charge in [-0.3, -0.25) is 4.31 Å². The zero-order valence-corrected chi connectivity index (χ0v) is 15.8. The highest BCUT2D eigenvalue weighted by atomic mass is 79.9. The minimum atomic E-state index is -3.81. The molecule has 22 heavy (non-hydrogen) atoms. The van der Waals surface area contributed by atoms with Crippen LogP contribution in [0, 0.1) is 0 Å². The van der Waals surface area contributed by atoms with Crippen molar-refractivity contribution in [2.75, 3.05) is 10.8 Å². The Hall–Kier alpha value is -0.890. The predicted octanol–water partition coefficient (Wildman–Crippen LogP) is 3.79. The topological polar surface area (TPSA) is 57.6 Å². The molecular weight excluding hydrogens is 434 g/mol. The molecule has 0 fully saturated rings. The van der Waals surface area contributed by atoms with Gasteiger partial charge in [0.1, 0.15) is 4.90 Å². The molecule has 0 bridgehead atoms. The molecule has 1 unspecified atom stereocenters. The van der Waals surface area contributed by atoms with E-state index in [-0.39, 0.29) is 11.4 Å². The molecule has 118 valence electrons. The fourth-order valence-electron chi connectivity index (χ4n) is 1.97. The van der Waals surface area contributed by atoms with Gasteiger partial charge in [-0.1, -0.05) is 34.1 Å². The van der Waals surface area contributed by atoms with E-state index in [9.17, 15) is 13.5 Å². The van der Waals surface area contributed by atoms with E-state index in [1.807, 2.05) is 6.07 Å². The largest absolute Gasteiger partial charge is 0.392 e. The third-order valence-electron chi connectivity index (χ3n) is 2.94. The fourth-order valence-corrected chi connectivity index (χ4v) is 4.98. The van der Waals surface area contributed by atoms with Crippen LogP contribution in [0.4, 0.5) is 5.69 Å². The number of rotatable bonds is 5. The summed E-state index contributed by atoms with van der Waals surface area (Å²) in [5.41, 5.74) is 0.510. The zero-order valence-electron chi connectivity index (χ0n) is 11.8. The molecule has 2 aromatic rings. The van der Waals surface area contributed by atoms with Crippen molar-refractivity contribution < 1.29 is 13.5 Å². The first kappa shape index (κ1) is 17.5. The smallest absolute Gasteiger partial charge is 0.265 e. The summed E-state index contributed by atoms with van der Waals surface area (Å²) < 4.78 is 28.4. The van der Waals surface area contributed by atoms with Crippen molar-refractivity contribution in [3.05, 3.63) is 57.5 Å². The van der Waals surface area contributed by atoms with Crippen molar-refractivity contribution in [2.24, 2.45) is 0 Å². The molecule has 1 N–H and O–H groups in total. The maximum Gasteiger partial charge on any atom is 0.265 e. The lowest BCUT2D eigenvalue weighted by atomic mass is 10.3. The second-order valence-corrected chi connectivity index (χ2v) is 8.40. The van der Waals surface area contributed by atoms with Crippen LogP contribution in [0.15, 0.2) is 62.4 Å². The lowest BCUT2D eigenvalue weighted by Gasteiger charge is -2.26. The summed E-state index contributed by atoms with van der Waals surface area (Å²) in [6.45, 7) is 1.53. The van der Waals surface area contributed by atoms with Gasteiger partial charge in [-0.05, 0) is 53.2 Å². The standard InChI is InChI=1S/C15H15Br2NO3S/c1-11(19)10-18(13-5-3-2-4-6-13)22(20,21)15-9-12(16)7-8-14(15)17/h2-9,11,19H,10H2,1H3. The highest BCUT2D eigenvalue weighted by Crippen LogP contribution is 2.31. The Morgan fingerprint density at radius 1 is 1.14 bits per heavy atom. The normalized spacial score (nSPS) is 12.9. The molecule has 4 nitrogen and oxygen atoms in total. The van der Waals surface area contributed by atoms with E-state index in [0.29, 0.717) is 14.6 Å². The molecule has 0 heterocycles. The van der Waals surface area contributed by atoms with Crippen LogP contribution in [-0.4, -0.2) is 26.2 Å². The Labute approximate surface area is 147 Å². The van der Waals surface area contributed by atoms with Gasteiger partial charge in [0.05, 0.1) is 18.3 Å². The van der Waals surface area contributed by atoms with Gasteiger partial charge in [-0.15, -0.1) is 0 Å². The van der Waals surface area contributed by atoms with Gasteiger partial charge in [0.25, 0.3) is 10.0 Å². The Morgan fingerprint density at radius 2 is 1.77 bits per heavy atom. The summed E-state index contributed by atoms with van der Waals surface area (Å²) in [5.74, 6) is 0. The fraction of sp³-hybridized carbons (Fsp3) is 0.200. The van der Waals surface area contributed by atoms with E-state index in [0.717, 1.165) is 0 Å². The second-order valence-electron chi connectivity index (χ2n) is 4.80. The average molecular weight is 449 g/mol. The SMILES string of the molecule is CC(O)CN(c1ccccc1)S(=O)(=O)c1cc(Br)ccc1Br. The number of anilines is 1. The van der Waals surface area contributed by atoms with E-state index in [1.54, 1.807) is 43.3 Å². The van der Waals surface area contributed by atoms with Crippen LogP contribution in [0.3, 0.4) is 0 Å². The Morgan fingerprint density at radius 3 is 2.36 bits per heavy atom. The van der Waals surface area contributed by atoms with Crippen molar-refractivity contribution in [2.45, 2.75) is 17.9 Å². The molecule has 1 atom stereocenters. The van der Waals surface area contributed by atoms with Crippen LogP contribution in [0.1, 0.15) is 6.92 Å². The van der Waals surface area contributed by atoms with Crippen LogP contribution in [0.25, 0.3) is 0 Å². The number of aliphatic hydroxyl groups is 1. The molecule has 2 aromatic carbocycles. The average Bonchev–Trinajstić information content (AvgIpc) is 2.47. The van der Waals surface area contributed by atoms with Gasteiger partial charge in [0.15, 0.2) is 0 Å². The maximum absolute atomic E-state index is 13.0. The van der Waals surface area contributed by atoms with Gasteiger partial charge in [-0.25, -0.2) is 8.42 Å². The number of halogens is 2. The first-order chi connectivity index (χ1) is 10.3. The Kier molecular flexibility index (Phi) is 5.65.